The van der Waals surface area contributed by atoms with Crippen LogP contribution < -0.4 is 0 Å². The second-order valence-corrected chi connectivity index (χ2v) is 9.15. The van der Waals surface area contributed by atoms with Gasteiger partial charge in [-0.05, 0) is 42.7 Å². The lowest BCUT2D eigenvalue weighted by Gasteiger charge is -2.31. The Kier molecular flexibility index (Phi) is 6.01. The molecule has 0 saturated carbocycles. The Labute approximate surface area is 194 Å². The standard InChI is InChI=1S/C24H21ClN4O2S/c25-18-6-1-4-16(10-18)11-19-12-28-23(31-19)17-5-3-9-29(14-17)24(30)20-7-2-8-27-22(20)21-13-26-15-32-21/h1-2,4,6-8,10,12-13,15,17H,3,5,9,11,14H2/t17-/m1/s1. The normalized spacial score (nSPS) is 16.3. The summed E-state index contributed by atoms with van der Waals surface area (Å²) in [6.07, 6.45) is 7.71. The van der Waals surface area contributed by atoms with Gasteiger partial charge in [0, 0.05) is 36.9 Å². The lowest BCUT2D eigenvalue weighted by Crippen LogP contribution is -2.39. The first kappa shape index (κ1) is 20.8. The molecule has 0 spiro atoms. The number of hydrogen-bond donors (Lipinski definition) is 0. The van der Waals surface area contributed by atoms with Gasteiger partial charge in [0.05, 0.1) is 33.8 Å². The van der Waals surface area contributed by atoms with Crippen LogP contribution in [0.5, 0.6) is 0 Å². The van der Waals surface area contributed by atoms with Crippen molar-refractivity contribution in [3.8, 4) is 10.6 Å². The molecule has 8 heteroatoms. The molecule has 4 heterocycles. The van der Waals surface area contributed by atoms with E-state index in [0.29, 0.717) is 41.7 Å². The van der Waals surface area contributed by atoms with Crippen LogP contribution in [0.3, 0.4) is 0 Å². The summed E-state index contributed by atoms with van der Waals surface area (Å²) in [5.41, 5.74) is 4.11. The summed E-state index contributed by atoms with van der Waals surface area (Å²) in [6, 6.07) is 11.4. The molecule has 0 aliphatic carbocycles. The van der Waals surface area contributed by atoms with Crippen molar-refractivity contribution < 1.29 is 9.21 Å². The van der Waals surface area contributed by atoms with E-state index >= 15 is 0 Å². The molecule has 1 aliphatic heterocycles. The Bertz CT molecular complexity index is 1220. The van der Waals surface area contributed by atoms with Crippen LogP contribution in [0.4, 0.5) is 0 Å². The number of aromatic nitrogens is 3. The minimum Gasteiger partial charge on any atom is -0.445 e. The fourth-order valence-corrected chi connectivity index (χ4v) is 4.93. The Morgan fingerprint density at radius 2 is 2.16 bits per heavy atom. The largest absolute Gasteiger partial charge is 0.445 e. The van der Waals surface area contributed by atoms with Gasteiger partial charge in [0.2, 0.25) is 0 Å². The van der Waals surface area contributed by atoms with Gasteiger partial charge in [-0.1, -0.05) is 23.7 Å². The SMILES string of the molecule is O=C(c1cccnc1-c1cncs1)N1CCC[C@@H](c2ncc(Cc3cccc(Cl)c3)o2)C1. The quantitative estimate of drug-likeness (QED) is 0.392. The molecule has 0 unspecified atom stereocenters. The van der Waals surface area contributed by atoms with E-state index in [1.807, 2.05) is 35.2 Å². The van der Waals surface area contributed by atoms with Gasteiger partial charge >= 0.3 is 0 Å². The van der Waals surface area contributed by atoms with Gasteiger partial charge in [0.1, 0.15) is 5.76 Å². The zero-order valence-electron chi connectivity index (χ0n) is 17.3. The molecule has 3 aromatic heterocycles. The zero-order chi connectivity index (χ0) is 21.9. The second-order valence-electron chi connectivity index (χ2n) is 7.83. The van der Waals surface area contributed by atoms with Crippen LogP contribution in [-0.2, 0) is 6.42 Å². The maximum Gasteiger partial charge on any atom is 0.256 e. The molecule has 0 radical (unpaired) electrons. The summed E-state index contributed by atoms with van der Waals surface area (Å²) < 4.78 is 6.07. The van der Waals surface area contributed by atoms with E-state index in [1.54, 1.807) is 30.2 Å². The molecule has 1 fully saturated rings. The molecule has 0 N–H and O–H groups in total. The smallest absolute Gasteiger partial charge is 0.256 e. The maximum absolute atomic E-state index is 13.4. The van der Waals surface area contributed by atoms with E-state index in [9.17, 15) is 4.79 Å². The topological polar surface area (TPSA) is 72.1 Å². The molecular formula is C24H21ClN4O2S. The highest BCUT2D eigenvalue weighted by Gasteiger charge is 2.30. The predicted octanol–water partition coefficient (Wildman–Crippen LogP) is 5.46. The van der Waals surface area contributed by atoms with E-state index in [2.05, 4.69) is 15.0 Å². The third-order valence-corrected chi connectivity index (χ3v) is 6.62. The molecule has 4 aromatic rings. The number of nitrogens with zero attached hydrogens (tertiary/aromatic N) is 4. The summed E-state index contributed by atoms with van der Waals surface area (Å²) in [5.74, 6) is 1.54. The molecule has 1 atom stereocenters. The van der Waals surface area contributed by atoms with Gasteiger partial charge < -0.3 is 9.32 Å². The van der Waals surface area contributed by atoms with Crippen molar-refractivity contribution in [2.75, 3.05) is 13.1 Å². The number of carbonyl (C=O) groups excluding carboxylic acids is 1. The lowest BCUT2D eigenvalue weighted by atomic mass is 9.97. The van der Waals surface area contributed by atoms with Gasteiger partial charge in [-0.25, -0.2) is 4.98 Å². The Morgan fingerprint density at radius 3 is 3.00 bits per heavy atom. The van der Waals surface area contributed by atoms with Gasteiger partial charge in [0.25, 0.3) is 5.91 Å². The van der Waals surface area contributed by atoms with Crippen LogP contribution in [0.2, 0.25) is 5.02 Å². The molecule has 162 valence electrons. The van der Waals surface area contributed by atoms with E-state index in [4.69, 9.17) is 16.0 Å². The van der Waals surface area contributed by atoms with Crippen LogP contribution in [-0.4, -0.2) is 38.8 Å². The molecule has 0 bridgehead atoms. The van der Waals surface area contributed by atoms with Crippen molar-refractivity contribution in [1.82, 2.24) is 19.9 Å². The number of pyridine rings is 1. The molecule has 1 saturated heterocycles. The minimum atomic E-state index is -0.0168. The van der Waals surface area contributed by atoms with Gasteiger partial charge in [-0.2, -0.15) is 0 Å². The van der Waals surface area contributed by atoms with Crippen molar-refractivity contribution in [1.29, 1.82) is 0 Å². The Morgan fingerprint density at radius 1 is 1.22 bits per heavy atom. The van der Waals surface area contributed by atoms with E-state index < -0.39 is 0 Å². The maximum atomic E-state index is 13.4. The molecule has 6 nitrogen and oxygen atoms in total. The number of benzene rings is 1. The van der Waals surface area contributed by atoms with Crippen LogP contribution in [0, 0.1) is 0 Å². The number of halogens is 1. The number of thiazole rings is 1. The van der Waals surface area contributed by atoms with Crippen LogP contribution >= 0.6 is 22.9 Å². The lowest BCUT2D eigenvalue weighted by molar-refractivity contribution is 0.0698. The van der Waals surface area contributed by atoms with Gasteiger partial charge in [-0.3, -0.25) is 14.8 Å². The van der Waals surface area contributed by atoms with Gasteiger partial charge in [0.15, 0.2) is 5.89 Å². The van der Waals surface area contributed by atoms with E-state index in [-0.39, 0.29) is 11.8 Å². The number of carbonyl (C=O) groups is 1. The first-order valence-electron chi connectivity index (χ1n) is 10.5. The van der Waals surface area contributed by atoms with Crippen LogP contribution in [0.25, 0.3) is 10.6 Å². The molecule has 1 aliphatic rings. The summed E-state index contributed by atoms with van der Waals surface area (Å²) in [4.78, 5) is 29.3. The average Bonchev–Trinajstić information content (AvgIpc) is 3.51. The van der Waals surface area contributed by atoms with Crippen molar-refractivity contribution in [3.63, 3.8) is 0 Å². The van der Waals surface area contributed by atoms with Gasteiger partial charge in [-0.15, -0.1) is 11.3 Å². The molecular weight excluding hydrogens is 444 g/mol. The Balaban J connectivity index is 1.31. The number of piperidine rings is 1. The summed E-state index contributed by atoms with van der Waals surface area (Å²) in [5, 5.41) is 0.705. The second kappa shape index (κ2) is 9.22. The fraction of sp³-hybridized carbons (Fsp3) is 0.250. The number of rotatable bonds is 5. The molecule has 32 heavy (non-hydrogen) atoms. The fourth-order valence-electron chi connectivity index (χ4n) is 4.08. The molecule has 5 rings (SSSR count). The third-order valence-electron chi connectivity index (χ3n) is 5.60. The van der Waals surface area contributed by atoms with Crippen molar-refractivity contribution in [3.05, 3.63) is 88.3 Å². The number of hydrogen-bond acceptors (Lipinski definition) is 6. The first-order chi connectivity index (χ1) is 15.7. The molecule has 1 aromatic carbocycles. The Hall–Kier alpha value is -3.03. The van der Waals surface area contributed by atoms with Crippen molar-refractivity contribution >= 4 is 28.8 Å². The minimum absolute atomic E-state index is 0.0168. The predicted molar refractivity (Wildman–Crippen MR) is 124 cm³/mol. The van der Waals surface area contributed by atoms with E-state index in [1.165, 1.54) is 11.3 Å². The summed E-state index contributed by atoms with van der Waals surface area (Å²) >= 11 is 7.57. The number of likely N-dealkylation sites (tertiary alicyclic amines) is 1. The number of oxazole rings is 1. The highest BCUT2D eigenvalue weighted by molar-refractivity contribution is 7.13. The average molecular weight is 465 g/mol. The van der Waals surface area contributed by atoms with E-state index in [0.717, 1.165) is 29.0 Å². The first-order valence-corrected chi connectivity index (χ1v) is 11.8. The summed E-state index contributed by atoms with van der Waals surface area (Å²) in [7, 11) is 0. The summed E-state index contributed by atoms with van der Waals surface area (Å²) in [6.45, 7) is 1.29. The van der Waals surface area contributed by atoms with Crippen molar-refractivity contribution in [2.24, 2.45) is 0 Å². The number of amides is 1. The highest BCUT2D eigenvalue weighted by atomic mass is 35.5. The van der Waals surface area contributed by atoms with Crippen LogP contribution in [0.15, 0.2) is 64.9 Å². The zero-order valence-corrected chi connectivity index (χ0v) is 18.9. The third kappa shape index (κ3) is 4.45. The molecule has 1 amide bonds. The highest BCUT2D eigenvalue weighted by Crippen LogP contribution is 2.30. The van der Waals surface area contributed by atoms with Crippen molar-refractivity contribution in [2.45, 2.75) is 25.2 Å². The van der Waals surface area contributed by atoms with Crippen LogP contribution in [0.1, 0.15) is 46.3 Å². The monoisotopic (exact) mass is 464 g/mol.